The van der Waals surface area contributed by atoms with E-state index in [1.165, 1.54) is 0 Å². The second-order valence-electron chi connectivity index (χ2n) is 7.01. The first-order chi connectivity index (χ1) is 15.7. The highest BCUT2D eigenvalue weighted by Crippen LogP contribution is 2.57. The lowest BCUT2D eigenvalue weighted by atomic mass is 10.2. The molecule has 0 aliphatic carbocycles. The van der Waals surface area contributed by atoms with Crippen molar-refractivity contribution in [2.45, 2.75) is 37.0 Å². The van der Waals surface area contributed by atoms with E-state index in [4.69, 9.17) is 24.4 Å². The summed E-state index contributed by atoms with van der Waals surface area (Å²) in [5.74, 6) is 0. The lowest BCUT2D eigenvalue weighted by Crippen LogP contribution is -2.03. The summed E-state index contributed by atoms with van der Waals surface area (Å²) >= 11 is 12.1. The van der Waals surface area contributed by atoms with Crippen LogP contribution in [0.5, 0.6) is 0 Å². The van der Waals surface area contributed by atoms with Gasteiger partial charge in [-0.2, -0.15) is 0 Å². The van der Waals surface area contributed by atoms with E-state index >= 15 is 0 Å². The van der Waals surface area contributed by atoms with Crippen molar-refractivity contribution in [3.05, 3.63) is 70.2 Å². The quantitative estimate of drug-likeness (QED) is 0.193. The molecule has 5 rings (SSSR count). The van der Waals surface area contributed by atoms with Gasteiger partial charge in [0.1, 0.15) is 21.4 Å². The Balaban J connectivity index is 1.97. The van der Waals surface area contributed by atoms with Crippen LogP contribution in [0.4, 0.5) is 0 Å². The van der Waals surface area contributed by atoms with Crippen molar-refractivity contribution in [1.82, 2.24) is 18.3 Å². The SMILES string of the molecule is CCn1c2c(n(-c3ccccc3)c1=S)-c1c(n(CC)c(=S)n1-c1ccccc1)SSSS2. The molecule has 1 aliphatic heterocycles. The second kappa shape index (κ2) is 9.52. The van der Waals surface area contributed by atoms with Gasteiger partial charge in [-0.3, -0.25) is 9.13 Å². The van der Waals surface area contributed by atoms with E-state index in [-0.39, 0.29) is 0 Å². The summed E-state index contributed by atoms with van der Waals surface area (Å²) in [6.07, 6.45) is 0. The molecular weight excluding hydrogens is 513 g/mol. The highest BCUT2D eigenvalue weighted by Gasteiger charge is 2.31. The number of rotatable bonds is 4. The number of hydrogen-bond donors (Lipinski definition) is 0. The fourth-order valence-corrected chi connectivity index (χ4v) is 10.9. The van der Waals surface area contributed by atoms with Gasteiger partial charge in [0.05, 0.1) is 0 Å². The van der Waals surface area contributed by atoms with Crippen molar-refractivity contribution in [2.24, 2.45) is 0 Å². The third-order valence-corrected chi connectivity index (χ3v) is 12.2. The zero-order valence-electron chi connectivity index (χ0n) is 17.4. The number of nitrogens with zero attached hydrogens (tertiary/aromatic N) is 4. The predicted molar refractivity (Wildman–Crippen MR) is 146 cm³/mol. The monoisotopic (exact) mass is 532 g/mol. The Bertz CT molecular complexity index is 1270. The molecule has 0 atom stereocenters. The topological polar surface area (TPSA) is 19.7 Å². The molecule has 0 bridgehead atoms. The van der Waals surface area contributed by atoms with E-state index in [0.29, 0.717) is 0 Å². The van der Waals surface area contributed by atoms with Crippen LogP contribution in [0.2, 0.25) is 0 Å². The number of fused-ring (bicyclic) bond motifs is 3. The summed E-state index contributed by atoms with van der Waals surface area (Å²) in [5.41, 5.74) is 4.33. The number of hydrogen-bond acceptors (Lipinski definition) is 6. The predicted octanol–water partition coefficient (Wildman–Crippen LogP) is 8.45. The van der Waals surface area contributed by atoms with Crippen molar-refractivity contribution >= 4 is 65.7 Å². The highest BCUT2D eigenvalue weighted by molar-refractivity contribution is 9.26. The smallest absolute Gasteiger partial charge is 0.185 e. The standard InChI is InChI=1S/C22H20N4S6/c1-3-23-19-17(25(21(23)27)15-11-7-5-8-12-15)18-20(30-32-31-29-19)24(4-2)22(28)26(18)16-13-9-6-10-14-16/h5-14H,3-4H2,1-2H3. The van der Waals surface area contributed by atoms with E-state index in [0.717, 1.165) is 55.4 Å². The third-order valence-electron chi connectivity index (χ3n) is 5.33. The molecule has 0 spiro atoms. The summed E-state index contributed by atoms with van der Waals surface area (Å²) in [7, 11) is 7.09. The maximum Gasteiger partial charge on any atom is 0.185 e. The molecule has 0 radical (unpaired) electrons. The van der Waals surface area contributed by atoms with Gasteiger partial charge < -0.3 is 9.13 Å². The molecule has 2 aromatic carbocycles. The normalized spacial score (nSPS) is 13.3. The highest BCUT2D eigenvalue weighted by atomic mass is 33.7. The molecule has 1 aliphatic rings. The fraction of sp³-hybridized carbons (Fsp3) is 0.182. The molecule has 164 valence electrons. The van der Waals surface area contributed by atoms with Crippen LogP contribution in [0.1, 0.15) is 13.8 Å². The van der Waals surface area contributed by atoms with Crippen molar-refractivity contribution < 1.29 is 0 Å². The molecule has 0 saturated heterocycles. The number of para-hydroxylation sites is 2. The van der Waals surface area contributed by atoms with Crippen LogP contribution in [0.15, 0.2) is 70.7 Å². The van der Waals surface area contributed by atoms with Crippen LogP contribution < -0.4 is 0 Å². The maximum absolute atomic E-state index is 6.03. The van der Waals surface area contributed by atoms with Gasteiger partial charge in [-0.15, -0.1) is 0 Å². The summed E-state index contributed by atoms with van der Waals surface area (Å²) < 4.78 is 10.5. The van der Waals surface area contributed by atoms with Crippen molar-refractivity contribution in [3.8, 4) is 22.8 Å². The minimum atomic E-state index is 0.800. The largest absolute Gasteiger partial charge is 0.311 e. The van der Waals surface area contributed by atoms with Crippen molar-refractivity contribution in [2.75, 3.05) is 0 Å². The molecule has 0 unspecified atom stereocenters. The molecular formula is C22H20N4S6. The third kappa shape index (κ3) is 3.65. The maximum atomic E-state index is 6.03. The van der Waals surface area contributed by atoms with Gasteiger partial charge in [0, 0.05) is 24.5 Å². The van der Waals surface area contributed by atoms with Crippen LogP contribution in [-0.4, -0.2) is 18.3 Å². The molecule has 0 saturated carbocycles. The Morgan fingerprint density at radius 3 is 1.34 bits per heavy atom. The first-order valence-corrected chi connectivity index (χ1v) is 15.8. The van der Waals surface area contributed by atoms with Crippen LogP contribution >= 0.6 is 65.7 Å². The van der Waals surface area contributed by atoms with Gasteiger partial charge in [0.15, 0.2) is 9.54 Å². The van der Waals surface area contributed by atoms with Gasteiger partial charge in [-0.25, -0.2) is 0 Å². The molecule has 0 N–H and O–H groups in total. The number of benzene rings is 2. The summed E-state index contributed by atoms with van der Waals surface area (Å²) in [6.45, 7) is 5.92. The molecule has 3 heterocycles. The summed E-state index contributed by atoms with van der Waals surface area (Å²) in [5, 5.41) is 2.32. The molecule has 0 fully saturated rings. The average molecular weight is 533 g/mol. The molecule has 0 amide bonds. The van der Waals surface area contributed by atoms with Gasteiger partial charge >= 0.3 is 0 Å². The van der Waals surface area contributed by atoms with E-state index < -0.39 is 0 Å². The molecule has 4 nitrogen and oxygen atoms in total. The van der Waals surface area contributed by atoms with Gasteiger partial charge in [-0.1, -0.05) is 36.4 Å². The Morgan fingerprint density at radius 2 is 1.00 bits per heavy atom. The second-order valence-corrected chi connectivity index (χ2v) is 13.4. The van der Waals surface area contributed by atoms with Crippen LogP contribution in [0.3, 0.4) is 0 Å². The fourth-order valence-electron chi connectivity index (χ4n) is 3.92. The van der Waals surface area contributed by atoms with Gasteiger partial charge in [0.25, 0.3) is 0 Å². The Kier molecular flexibility index (Phi) is 6.69. The Morgan fingerprint density at radius 1 is 0.625 bits per heavy atom. The van der Waals surface area contributed by atoms with Gasteiger partial charge in [-0.05, 0) is 104 Å². The van der Waals surface area contributed by atoms with Crippen LogP contribution in [-0.2, 0) is 13.1 Å². The van der Waals surface area contributed by atoms with E-state index in [1.807, 2.05) is 12.1 Å². The van der Waals surface area contributed by atoms with Crippen LogP contribution in [0.25, 0.3) is 22.8 Å². The molecule has 2 aromatic heterocycles. The van der Waals surface area contributed by atoms with Crippen LogP contribution in [0, 0.1) is 9.54 Å². The first kappa shape index (κ1) is 22.5. The summed E-state index contributed by atoms with van der Waals surface area (Å²) in [4.78, 5) is 0. The average Bonchev–Trinajstić information content (AvgIpc) is 3.25. The Labute approximate surface area is 212 Å². The van der Waals surface area contributed by atoms with Gasteiger partial charge in [0.2, 0.25) is 0 Å². The zero-order valence-corrected chi connectivity index (χ0v) is 22.3. The lowest BCUT2D eigenvalue weighted by Gasteiger charge is -2.16. The molecule has 4 aromatic rings. The molecule has 10 heteroatoms. The van der Waals surface area contributed by atoms with E-state index in [2.05, 4.69) is 80.6 Å². The number of imidazole rings is 2. The minimum absolute atomic E-state index is 0.800. The first-order valence-electron chi connectivity index (χ1n) is 10.2. The summed E-state index contributed by atoms with van der Waals surface area (Å²) in [6, 6.07) is 20.8. The van der Waals surface area contributed by atoms with E-state index in [9.17, 15) is 0 Å². The number of aromatic nitrogens is 4. The zero-order chi connectivity index (χ0) is 22.2. The minimum Gasteiger partial charge on any atom is -0.311 e. The van der Waals surface area contributed by atoms with Crippen molar-refractivity contribution in [3.63, 3.8) is 0 Å². The van der Waals surface area contributed by atoms with Crippen molar-refractivity contribution in [1.29, 1.82) is 0 Å². The lowest BCUT2D eigenvalue weighted by molar-refractivity contribution is 0.684. The Hall–Kier alpha value is -1.30. The molecule has 32 heavy (non-hydrogen) atoms. The van der Waals surface area contributed by atoms with E-state index in [1.54, 1.807) is 41.2 Å².